The largest absolute Gasteiger partial charge is 0.497 e. The van der Waals surface area contributed by atoms with Gasteiger partial charge in [-0.25, -0.2) is 9.97 Å². The van der Waals surface area contributed by atoms with E-state index in [1.807, 2.05) is 36.4 Å². The van der Waals surface area contributed by atoms with E-state index in [-0.39, 0.29) is 16.8 Å². The van der Waals surface area contributed by atoms with Crippen molar-refractivity contribution in [1.82, 2.24) is 19.9 Å². The van der Waals surface area contributed by atoms with E-state index < -0.39 is 0 Å². The molecule has 0 unspecified atom stereocenters. The molecule has 0 aliphatic carbocycles. The van der Waals surface area contributed by atoms with Gasteiger partial charge in [-0.3, -0.25) is 0 Å². The summed E-state index contributed by atoms with van der Waals surface area (Å²) >= 11 is 0. The number of aromatic nitrogens is 4. The van der Waals surface area contributed by atoms with E-state index >= 15 is 0 Å². The molecule has 0 atom stereocenters. The maximum atomic E-state index is 5.32. The predicted molar refractivity (Wildman–Crippen MR) is 130 cm³/mol. The molecule has 6 heteroatoms. The SMILES string of the molecule is COc1ccc(C2=Cc3cc4ccc(cc5nc(cc6ccc(cc2n3)[nH]6)C=C5)[nH]4)cc1.[Co]. The van der Waals surface area contributed by atoms with Crippen LogP contribution < -0.4 is 4.74 Å². The van der Waals surface area contributed by atoms with Gasteiger partial charge in [-0.15, -0.1) is 0 Å². The summed E-state index contributed by atoms with van der Waals surface area (Å²) in [4.78, 5) is 16.5. The summed E-state index contributed by atoms with van der Waals surface area (Å²) in [5.74, 6) is 0.833. The third-order valence-electron chi connectivity index (χ3n) is 5.57. The third-order valence-corrected chi connectivity index (χ3v) is 5.57. The van der Waals surface area contributed by atoms with Crippen molar-refractivity contribution in [3.63, 3.8) is 0 Å². The van der Waals surface area contributed by atoms with Crippen LogP contribution in [0, 0.1) is 0 Å². The van der Waals surface area contributed by atoms with Gasteiger partial charge in [0.05, 0.1) is 29.9 Å². The summed E-state index contributed by atoms with van der Waals surface area (Å²) in [6.07, 6.45) is 6.17. The quantitative estimate of drug-likeness (QED) is 0.319. The van der Waals surface area contributed by atoms with Crippen LogP contribution in [-0.2, 0) is 16.8 Å². The Bertz CT molecular complexity index is 1560. The van der Waals surface area contributed by atoms with Crippen molar-refractivity contribution in [2.75, 3.05) is 7.11 Å². The number of benzene rings is 1. The maximum absolute atomic E-state index is 5.32. The first-order chi connectivity index (χ1) is 15.7. The van der Waals surface area contributed by atoms with Gasteiger partial charge in [0.15, 0.2) is 0 Å². The number of rotatable bonds is 2. The fourth-order valence-corrected chi connectivity index (χ4v) is 4.02. The van der Waals surface area contributed by atoms with Crippen LogP contribution in [-0.4, -0.2) is 27.0 Å². The fourth-order valence-electron chi connectivity index (χ4n) is 4.02. The Morgan fingerprint density at radius 1 is 0.636 bits per heavy atom. The number of ether oxygens (including phenoxy) is 1. The molecule has 8 bridgehead atoms. The molecule has 5 nitrogen and oxygen atoms in total. The summed E-state index contributed by atoms with van der Waals surface area (Å²) in [5.41, 5.74) is 9.80. The Morgan fingerprint density at radius 3 is 1.76 bits per heavy atom. The van der Waals surface area contributed by atoms with Crippen LogP contribution in [0.2, 0.25) is 0 Å². The Balaban J connectivity index is 0.00000228. The molecule has 6 rings (SSSR count). The van der Waals surface area contributed by atoms with Crippen molar-refractivity contribution in [2.24, 2.45) is 0 Å². The summed E-state index contributed by atoms with van der Waals surface area (Å²) in [6, 6.07) is 24.5. The zero-order valence-electron chi connectivity index (χ0n) is 17.8. The maximum Gasteiger partial charge on any atom is 0.118 e. The summed E-state index contributed by atoms with van der Waals surface area (Å²) in [5, 5.41) is 0. The molecule has 3 aromatic heterocycles. The van der Waals surface area contributed by atoms with Crippen LogP contribution in [0.3, 0.4) is 0 Å². The molecular formula is C27H20CoN4O. The van der Waals surface area contributed by atoms with Crippen LogP contribution in [0.1, 0.15) is 28.3 Å². The second-order valence-electron chi connectivity index (χ2n) is 7.82. The van der Waals surface area contributed by atoms with Crippen molar-refractivity contribution in [3.05, 3.63) is 101 Å². The average Bonchev–Trinajstić information content (AvgIpc) is 3.59. The van der Waals surface area contributed by atoms with E-state index in [1.165, 1.54) is 0 Å². The molecule has 0 saturated carbocycles. The smallest absolute Gasteiger partial charge is 0.118 e. The molecule has 33 heavy (non-hydrogen) atoms. The number of hydrogen-bond acceptors (Lipinski definition) is 3. The van der Waals surface area contributed by atoms with Crippen molar-refractivity contribution in [1.29, 1.82) is 0 Å². The number of nitrogens with zero attached hydrogens (tertiary/aromatic N) is 2. The van der Waals surface area contributed by atoms with E-state index in [9.17, 15) is 0 Å². The minimum Gasteiger partial charge on any atom is -0.497 e. The van der Waals surface area contributed by atoms with Crippen LogP contribution in [0.25, 0.3) is 45.9 Å². The predicted octanol–water partition coefficient (Wildman–Crippen LogP) is 6.08. The van der Waals surface area contributed by atoms with E-state index in [1.54, 1.807) is 7.11 Å². The van der Waals surface area contributed by atoms with Crippen LogP contribution in [0.15, 0.2) is 72.8 Å². The number of hydrogen-bond donors (Lipinski definition) is 2. The zero-order valence-corrected chi connectivity index (χ0v) is 18.8. The molecule has 0 amide bonds. The number of H-pyrrole nitrogens is 2. The zero-order chi connectivity index (χ0) is 21.5. The minimum atomic E-state index is 0. The second kappa shape index (κ2) is 8.58. The molecule has 2 N–H and O–H groups in total. The molecule has 0 fully saturated rings. The van der Waals surface area contributed by atoms with Gasteiger partial charge in [0.1, 0.15) is 5.75 Å². The van der Waals surface area contributed by atoms with E-state index in [0.29, 0.717) is 0 Å². The Kier molecular flexibility index (Phi) is 5.46. The summed E-state index contributed by atoms with van der Waals surface area (Å²) in [7, 11) is 1.68. The molecule has 2 aliphatic heterocycles. The van der Waals surface area contributed by atoms with Crippen molar-refractivity contribution in [3.8, 4) is 5.75 Å². The number of nitrogens with one attached hydrogen (secondary N) is 2. The van der Waals surface area contributed by atoms with Gasteiger partial charge >= 0.3 is 0 Å². The molecule has 1 aromatic carbocycles. The topological polar surface area (TPSA) is 66.6 Å². The van der Waals surface area contributed by atoms with E-state index in [4.69, 9.17) is 14.7 Å². The van der Waals surface area contributed by atoms with E-state index in [2.05, 4.69) is 64.6 Å². The number of fused-ring (bicyclic) bond motifs is 8. The van der Waals surface area contributed by atoms with Crippen LogP contribution in [0.4, 0.5) is 0 Å². The molecule has 2 aliphatic rings. The molecule has 0 spiro atoms. The Hall–Kier alpha value is -3.87. The van der Waals surface area contributed by atoms with Gasteiger partial charge < -0.3 is 14.7 Å². The fraction of sp³-hybridized carbons (Fsp3) is 0.0370. The molecule has 5 heterocycles. The van der Waals surface area contributed by atoms with Gasteiger partial charge in [-0.05, 0) is 84.5 Å². The van der Waals surface area contributed by atoms with Gasteiger partial charge in [-0.1, -0.05) is 12.1 Å². The Labute approximate surface area is 201 Å². The first-order valence-electron chi connectivity index (χ1n) is 10.4. The standard InChI is InChI=1S/C27H20N4O.Co/c1-32-25-10-2-17(3-11-25)26-15-24-14-22-7-6-20(29-22)12-18-4-5-19(28-18)13-21-8-9-23(30-21)16-27(26)31-24;/h2-16,29-30H,1H3;. The minimum absolute atomic E-state index is 0. The van der Waals surface area contributed by atoms with Crippen molar-refractivity contribution in [2.45, 2.75) is 0 Å². The molecule has 0 saturated heterocycles. The molecular weight excluding hydrogens is 455 g/mol. The van der Waals surface area contributed by atoms with Crippen molar-refractivity contribution >= 4 is 45.9 Å². The van der Waals surface area contributed by atoms with Gasteiger partial charge in [0.2, 0.25) is 0 Å². The first kappa shape index (κ1) is 21.0. The molecule has 4 aromatic rings. The third kappa shape index (κ3) is 4.26. The second-order valence-corrected chi connectivity index (χ2v) is 7.82. The normalized spacial score (nSPS) is 12.2. The molecule has 163 valence electrons. The van der Waals surface area contributed by atoms with Crippen LogP contribution in [0.5, 0.6) is 5.75 Å². The van der Waals surface area contributed by atoms with Gasteiger partial charge in [-0.2, -0.15) is 0 Å². The number of methoxy groups -OCH3 is 1. The van der Waals surface area contributed by atoms with Crippen molar-refractivity contribution < 1.29 is 21.5 Å². The average molecular weight is 475 g/mol. The number of aromatic amines is 2. The van der Waals surface area contributed by atoms with Gasteiger partial charge in [0, 0.05) is 44.4 Å². The molecule has 1 radical (unpaired) electrons. The van der Waals surface area contributed by atoms with Gasteiger partial charge in [0.25, 0.3) is 0 Å². The van der Waals surface area contributed by atoms with Crippen LogP contribution >= 0.6 is 0 Å². The Morgan fingerprint density at radius 2 is 1.18 bits per heavy atom. The summed E-state index contributed by atoms with van der Waals surface area (Å²) < 4.78 is 5.32. The summed E-state index contributed by atoms with van der Waals surface area (Å²) in [6.45, 7) is 0. The monoisotopic (exact) mass is 475 g/mol. The first-order valence-corrected chi connectivity index (χ1v) is 10.4. The van der Waals surface area contributed by atoms with E-state index in [0.717, 1.165) is 61.7 Å².